The van der Waals surface area contributed by atoms with Gasteiger partial charge in [0, 0.05) is 31.1 Å². The first-order valence-corrected chi connectivity index (χ1v) is 16.3. The van der Waals surface area contributed by atoms with Gasteiger partial charge in [-0.25, -0.2) is 14.6 Å². The molecule has 10 nitrogen and oxygen atoms in total. The van der Waals surface area contributed by atoms with Gasteiger partial charge in [-0.05, 0) is 59.9 Å². The maximum Gasteiger partial charge on any atom is 0.357 e. The molecule has 2 unspecified atom stereocenters. The van der Waals surface area contributed by atoms with Crippen LogP contribution in [0.1, 0.15) is 51.7 Å². The summed E-state index contributed by atoms with van der Waals surface area (Å²) in [6.45, 7) is 11.5. The van der Waals surface area contributed by atoms with Gasteiger partial charge in [-0.3, -0.25) is 14.5 Å². The number of esters is 1. The Morgan fingerprint density at radius 3 is 2.52 bits per heavy atom. The molecule has 0 spiro atoms. The third-order valence-corrected chi connectivity index (χ3v) is 8.29. The molecule has 2 aliphatic heterocycles. The molecule has 3 rings (SSSR count). The lowest BCUT2D eigenvalue weighted by Crippen LogP contribution is -2.62. The molecule has 1 saturated heterocycles. The van der Waals surface area contributed by atoms with Gasteiger partial charge in [0.15, 0.2) is 19.1 Å². The number of amides is 1. The van der Waals surface area contributed by atoms with Gasteiger partial charge in [-0.1, -0.05) is 16.8 Å². The Bertz CT molecular complexity index is 1290. The molecule has 1 fully saturated rings. The average molecular weight is 626 g/mol. The van der Waals surface area contributed by atoms with Crippen LogP contribution in [0.3, 0.4) is 0 Å². The topological polar surface area (TPSA) is 124 Å². The molecule has 1 aromatic rings. The molecule has 0 N–H and O–H groups in total. The van der Waals surface area contributed by atoms with Gasteiger partial charge in [-0.15, -0.1) is 23.1 Å². The van der Waals surface area contributed by atoms with E-state index in [1.807, 2.05) is 0 Å². The summed E-state index contributed by atoms with van der Waals surface area (Å²) in [5.74, 6) is -2.65. The molecular formula is C25H30BClN3O7PS2. The van der Waals surface area contributed by atoms with Crippen LogP contribution in [0.4, 0.5) is 0 Å². The normalized spacial score (nSPS) is 20.6. The van der Waals surface area contributed by atoms with Gasteiger partial charge < -0.3 is 14.1 Å². The van der Waals surface area contributed by atoms with Crippen LogP contribution in [0.2, 0.25) is 0 Å². The Morgan fingerprint density at radius 1 is 1.30 bits per heavy atom. The van der Waals surface area contributed by atoms with Crippen molar-refractivity contribution in [2.75, 3.05) is 12.4 Å². The highest BCUT2D eigenvalue weighted by atomic mass is 35.5. The molecule has 0 aromatic carbocycles. The minimum Gasteiger partial charge on any atom is -0.457 e. The number of ketones is 1. The zero-order valence-corrected chi connectivity index (χ0v) is 26.5. The molecule has 1 amide bonds. The fraction of sp³-hybridized carbons (Fsp3) is 0.520. The first kappa shape index (κ1) is 32.3. The third kappa shape index (κ3) is 7.54. The van der Waals surface area contributed by atoms with Crippen LogP contribution < -0.4 is 0 Å². The molecule has 1 aromatic heterocycles. The molecule has 15 heteroatoms. The number of nitrogens with zero attached hydrogens (tertiary/aromatic N) is 3. The summed E-state index contributed by atoms with van der Waals surface area (Å²) < 4.78 is 10.6. The number of hydrogen-bond acceptors (Lipinski definition) is 11. The van der Waals surface area contributed by atoms with E-state index in [0.717, 1.165) is 0 Å². The molecule has 0 bridgehead atoms. The largest absolute Gasteiger partial charge is 0.457 e. The highest BCUT2D eigenvalue weighted by Gasteiger charge is 2.54. The predicted molar refractivity (Wildman–Crippen MR) is 157 cm³/mol. The van der Waals surface area contributed by atoms with E-state index in [-0.39, 0.29) is 23.5 Å². The van der Waals surface area contributed by atoms with Gasteiger partial charge >= 0.3 is 11.9 Å². The van der Waals surface area contributed by atoms with E-state index in [2.05, 4.69) is 10.1 Å². The van der Waals surface area contributed by atoms with Crippen molar-refractivity contribution in [2.24, 2.45) is 11.1 Å². The van der Waals surface area contributed by atoms with Crippen molar-refractivity contribution < 1.29 is 33.3 Å². The second-order valence-corrected chi connectivity index (χ2v) is 14.2. The number of hydrogen-bond donors (Lipinski definition) is 0. The van der Waals surface area contributed by atoms with Gasteiger partial charge in [0.05, 0.1) is 16.3 Å². The van der Waals surface area contributed by atoms with E-state index in [0.29, 0.717) is 16.3 Å². The first-order valence-electron chi connectivity index (χ1n) is 12.2. The second-order valence-electron chi connectivity index (χ2n) is 10.5. The summed E-state index contributed by atoms with van der Waals surface area (Å²) in [6, 6.07) is 0. The smallest absolute Gasteiger partial charge is 0.357 e. The molecule has 3 heterocycles. The number of halogens is 1. The average Bonchev–Trinajstić information content (AvgIpc) is 3.26. The number of β-lactam (4-membered cyclic amide) rings is 1. The fourth-order valence-electron chi connectivity index (χ4n) is 3.75. The van der Waals surface area contributed by atoms with Crippen molar-refractivity contribution in [1.29, 1.82) is 0 Å². The van der Waals surface area contributed by atoms with Crippen molar-refractivity contribution in [1.82, 2.24) is 9.88 Å². The Balaban J connectivity index is 1.85. The van der Waals surface area contributed by atoms with Gasteiger partial charge in [0.1, 0.15) is 17.0 Å². The number of oxime groups is 1. The Labute approximate surface area is 249 Å². The van der Waals surface area contributed by atoms with E-state index < -0.39 is 54.1 Å². The maximum absolute atomic E-state index is 13.5. The minimum absolute atomic E-state index is 0.0700. The quantitative estimate of drug-likeness (QED) is 0.0927. The monoisotopic (exact) mass is 625 g/mol. The second kappa shape index (κ2) is 12.8. The number of rotatable bonds is 10. The van der Waals surface area contributed by atoms with Gasteiger partial charge in [0.25, 0.3) is 0 Å². The zero-order chi connectivity index (χ0) is 30.0. The number of thiazole rings is 1. The third-order valence-electron chi connectivity index (χ3n) is 5.58. The number of allylic oxidation sites excluding steroid dienone is 1. The van der Waals surface area contributed by atoms with Crippen LogP contribution in [-0.4, -0.2) is 75.8 Å². The zero-order valence-electron chi connectivity index (χ0n) is 23.2. The molecular weight excluding hydrogens is 596 g/mol. The number of aryl methyl sites for hydroxylation is 1. The molecule has 0 saturated carbocycles. The molecule has 0 aliphatic carbocycles. The summed E-state index contributed by atoms with van der Waals surface area (Å²) in [7, 11) is 4.18. The fourth-order valence-corrected chi connectivity index (χ4v) is 6.24. The van der Waals surface area contributed by atoms with Crippen LogP contribution >= 0.6 is 42.7 Å². The number of fused-ring (bicyclic) bond motifs is 1. The van der Waals surface area contributed by atoms with Crippen molar-refractivity contribution in [3.05, 3.63) is 39.0 Å². The Kier molecular flexibility index (Phi) is 10.3. The summed E-state index contributed by atoms with van der Waals surface area (Å²) in [6.07, 6.45) is 1.32. The summed E-state index contributed by atoms with van der Waals surface area (Å²) >= 11 is 8.46. The SMILES string of the molecule is [B]P(C)OC(=O)C1=C(C=CCl)CSC2[C@H](CC(=O)/C(=N\OC(C)(C)C(=O)OC(C)(C)C)c3csc(C)n3)C(=O)N12. The van der Waals surface area contributed by atoms with Crippen LogP contribution in [0, 0.1) is 12.8 Å². The number of aromatic nitrogens is 1. The van der Waals surface area contributed by atoms with Crippen molar-refractivity contribution >= 4 is 79.6 Å². The van der Waals surface area contributed by atoms with Crippen molar-refractivity contribution in [3.8, 4) is 0 Å². The Hall–Kier alpha value is -2.21. The van der Waals surface area contributed by atoms with Crippen molar-refractivity contribution in [3.63, 3.8) is 0 Å². The van der Waals surface area contributed by atoms with E-state index in [1.54, 1.807) is 39.7 Å². The first-order chi connectivity index (χ1) is 18.6. The molecule has 2 aliphatic rings. The maximum atomic E-state index is 13.5. The van der Waals surface area contributed by atoms with Crippen LogP contribution in [0.15, 0.2) is 33.4 Å². The number of ether oxygens (including phenoxy) is 1. The lowest BCUT2D eigenvalue weighted by molar-refractivity contribution is -0.179. The number of Topliss-reactive ketones (excluding diaryl/α,β-unsaturated/α-hetero) is 1. The molecule has 40 heavy (non-hydrogen) atoms. The van der Waals surface area contributed by atoms with Crippen LogP contribution in [0.25, 0.3) is 0 Å². The molecule has 3 atom stereocenters. The highest BCUT2D eigenvalue weighted by molar-refractivity contribution is 8.00. The number of carbonyl (C=O) groups is 4. The van der Waals surface area contributed by atoms with E-state index in [4.69, 9.17) is 33.3 Å². The molecule has 214 valence electrons. The standard InChI is InChI=1S/C25H30BClN3O7PS2/c1-13-28-16(12-39-13)18(29-37-25(5,6)23(34)35-24(2,3)4)17(31)10-15-20(32)30-19(22(33)36-38(7)26)14(8-9-27)11-40-21(15)30/h8-9,12,15,21H,10-11H2,1-7H3/b9-8?,29-18-/t15-,21?,38?/m1/s1. The highest BCUT2D eigenvalue weighted by Crippen LogP contribution is 2.46. The summed E-state index contributed by atoms with van der Waals surface area (Å²) in [5, 5.41) is 5.91. The summed E-state index contributed by atoms with van der Waals surface area (Å²) in [5.41, 5.74) is -0.250. The minimum atomic E-state index is -1.51. The van der Waals surface area contributed by atoms with Gasteiger partial charge in [0.2, 0.25) is 11.5 Å². The summed E-state index contributed by atoms with van der Waals surface area (Å²) in [4.78, 5) is 63.5. The van der Waals surface area contributed by atoms with Crippen molar-refractivity contribution in [2.45, 2.75) is 64.5 Å². The van der Waals surface area contributed by atoms with E-state index in [1.165, 1.54) is 53.5 Å². The number of carbonyl (C=O) groups excluding carboxylic acids is 4. The van der Waals surface area contributed by atoms with Crippen LogP contribution in [-0.2, 0) is 33.3 Å². The lowest BCUT2D eigenvalue weighted by atomic mass is 9.89. The van der Waals surface area contributed by atoms with Crippen LogP contribution in [0.5, 0.6) is 0 Å². The van der Waals surface area contributed by atoms with E-state index >= 15 is 0 Å². The van der Waals surface area contributed by atoms with E-state index in [9.17, 15) is 19.2 Å². The molecule has 2 radical (unpaired) electrons. The predicted octanol–water partition coefficient (Wildman–Crippen LogP) is 4.44. The number of thioether (sulfide) groups is 1. The van der Waals surface area contributed by atoms with Gasteiger partial charge in [-0.2, -0.15) is 0 Å². The Morgan fingerprint density at radius 2 is 1.98 bits per heavy atom. The lowest BCUT2D eigenvalue weighted by Gasteiger charge is -2.49.